The molecule has 2 N–H and O–H groups in total. The molecule has 5 heteroatoms. The summed E-state index contributed by atoms with van der Waals surface area (Å²) in [6.45, 7) is 0. The van der Waals surface area contributed by atoms with Crippen molar-refractivity contribution in [2.45, 2.75) is 18.9 Å². The highest BCUT2D eigenvalue weighted by molar-refractivity contribution is 9.10. The van der Waals surface area contributed by atoms with E-state index in [9.17, 15) is 8.78 Å². The predicted octanol–water partition coefficient (Wildman–Crippen LogP) is 4.49. The van der Waals surface area contributed by atoms with Crippen molar-refractivity contribution < 1.29 is 8.78 Å². The largest absolute Gasteiger partial charge is 0.327 e. The zero-order chi connectivity index (χ0) is 14.7. The third-order valence-electron chi connectivity index (χ3n) is 2.92. The van der Waals surface area contributed by atoms with Gasteiger partial charge in [-0.3, -0.25) is 0 Å². The van der Waals surface area contributed by atoms with Crippen LogP contribution in [-0.2, 0) is 12.8 Å². The number of rotatable bonds is 4. The molecule has 106 valence electrons. The Morgan fingerprint density at radius 2 is 1.80 bits per heavy atom. The van der Waals surface area contributed by atoms with Crippen LogP contribution >= 0.6 is 27.5 Å². The molecular formula is C15H13BrClF2N. The maximum atomic E-state index is 13.3. The van der Waals surface area contributed by atoms with Crippen LogP contribution in [0.15, 0.2) is 40.9 Å². The summed E-state index contributed by atoms with van der Waals surface area (Å²) in [6.07, 6.45) is 1.03. The fourth-order valence-electron chi connectivity index (χ4n) is 2.07. The first-order chi connectivity index (χ1) is 9.44. The van der Waals surface area contributed by atoms with Gasteiger partial charge in [0.15, 0.2) is 0 Å². The van der Waals surface area contributed by atoms with Crippen LogP contribution in [0.5, 0.6) is 0 Å². The lowest BCUT2D eigenvalue weighted by molar-refractivity contribution is 0.614. The van der Waals surface area contributed by atoms with Crippen molar-refractivity contribution in [3.8, 4) is 0 Å². The van der Waals surface area contributed by atoms with Gasteiger partial charge in [-0.25, -0.2) is 8.78 Å². The van der Waals surface area contributed by atoms with Gasteiger partial charge in [-0.05, 0) is 54.3 Å². The second-order valence-electron chi connectivity index (χ2n) is 4.68. The Hall–Kier alpha value is -0.970. The molecule has 0 fully saturated rings. The Balaban J connectivity index is 2.06. The average molecular weight is 361 g/mol. The van der Waals surface area contributed by atoms with Crippen molar-refractivity contribution >= 4 is 27.5 Å². The lowest BCUT2D eigenvalue weighted by Gasteiger charge is -2.13. The van der Waals surface area contributed by atoms with Gasteiger partial charge in [-0.15, -0.1) is 0 Å². The first-order valence-electron chi connectivity index (χ1n) is 6.08. The molecule has 0 aliphatic rings. The average Bonchev–Trinajstić information content (AvgIpc) is 2.31. The highest BCUT2D eigenvalue weighted by atomic mass is 79.9. The van der Waals surface area contributed by atoms with Crippen molar-refractivity contribution in [2.24, 2.45) is 5.73 Å². The molecule has 0 saturated carbocycles. The summed E-state index contributed by atoms with van der Waals surface area (Å²) in [5.41, 5.74) is 7.65. The Kier molecular flexibility index (Phi) is 5.13. The summed E-state index contributed by atoms with van der Waals surface area (Å²) in [7, 11) is 0. The van der Waals surface area contributed by atoms with Crippen LogP contribution in [0.25, 0.3) is 0 Å². The first kappa shape index (κ1) is 15.4. The molecule has 2 rings (SSSR count). The van der Waals surface area contributed by atoms with Gasteiger partial charge >= 0.3 is 0 Å². The van der Waals surface area contributed by atoms with Gasteiger partial charge in [0, 0.05) is 15.5 Å². The predicted molar refractivity (Wildman–Crippen MR) is 80.9 cm³/mol. The number of nitrogens with two attached hydrogens (primary N) is 1. The van der Waals surface area contributed by atoms with Gasteiger partial charge in [0.25, 0.3) is 0 Å². The Morgan fingerprint density at radius 3 is 2.45 bits per heavy atom. The van der Waals surface area contributed by atoms with Crippen molar-refractivity contribution in [3.63, 3.8) is 0 Å². The van der Waals surface area contributed by atoms with E-state index in [4.69, 9.17) is 17.3 Å². The van der Waals surface area contributed by atoms with Gasteiger partial charge in [0.2, 0.25) is 0 Å². The maximum Gasteiger partial charge on any atom is 0.124 e. The smallest absolute Gasteiger partial charge is 0.124 e. The van der Waals surface area contributed by atoms with E-state index in [-0.39, 0.29) is 17.7 Å². The van der Waals surface area contributed by atoms with Crippen LogP contribution in [0.2, 0.25) is 5.02 Å². The van der Waals surface area contributed by atoms with Crippen molar-refractivity contribution in [1.82, 2.24) is 0 Å². The van der Waals surface area contributed by atoms with E-state index in [0.717, 1.165) is 11.1 Å². The van der Waals surface area contributed by atoms with E-state index in [1.54, 1.807) is 6.07 Å². The van der Waals surface area contributed by atoms with E-state index in [1.807, 2.05) is 6.07 Å². The summed E-state index contributed by atoms with van der Waals surface area (Å²) in [4.78, 5) is 0. The standard InChI is InChI=1S/C15H13BrClF2N/c16-11-3-9(4-13(19)7-11)5-14(20)6-10-1-2-12(18)8-15(10)17/h1-4,7-8,14H,5-6,20H2. The summed E-state index contributed by atoms with van der Waals surface area (Å²) in [5, 5.41) is 0.362. The topological polar surface area (TPSA) is 26.0 Å². The molecule has 1 unspecified atom stereocenters. The molecule has 0 aromatic heterocycles. The number of hydrogen-bond donors (Lipinski definition) is 1. The van der Waals surface area contributed by atoms with E-state index in [0.29, 0.717) is 22.3 Å². The normalized spacial score (nSPS) is 12.4. The van der Waals surface area contributed by atoms with Crippen LogP contribution < -0.4 is 5.73 Å². The van der Waals surface area contributed by atoms with Crippen molar-refractivity contribution in [2.75, 3.05) is 0 Å². The first-order valence-corrected chi connectivity index (χ1v) is 7.25. The Bertz CT molecular complexity index is 599. The quantitative estimate of drug-likeness (QED) is 0.854. The van der Waals surface area contributed by atoms with Gasteiger partial charge in [0.1, 0.15) is 11.6 Å². The molecule has 1 nitrogen and oxygen atoms in total. The van der Waals surface area contributed by atoms with E-state index in [1.165, 1.54) is 24.3 Å². The molecular weight excluding hydrogens is 348 g/mol. The third kappa shape index (κ3) is 4.27. The minimum Gasteiger partial charge on any atom is -0.327 e. The van der Waals surface area contributed by atoms with Crippen molar-refractivity contribution in [3.05, 3.63) is 68.7 Å². The van der Waals surface area contributed by atoms with Crippen molar-refractivity contribution in [1.29, 1.82) is 0 Å². The summed E-state index contributed by atoms with van der Waals surface area (Å²) < 4.78 is 26.9. The van der Waals surface area contributed by atoms with E-state index in [2.05, 4.69) is 15.9 Å². The minimum absolute atomic E-state index is 0.216. The number of halogens is 4. The molecule has 0 radical (unpaired) electrons. The van der Waals surface area contributed by atoms with Gasteiger partial charge < -0.3 is 5.73 Å². The molecule has 0 bridgehead atoms. The second kappa shape index (κ2) is 6.66. The van der Waals surface area contributed by atoms with Crippen LogP contribution in [0, 0.1) is 11.6 Å². The van der Waals surface area contributed by atoms with Gasteiger partial charge in [-0.1, -0.05) is 33.6 Å². The zero-order valence-electron chi connectivity index (χ0n) is 10.5. The number of benzene rings is 2. The van der Waals surface area contributed by atoms with Gasteiger partial charge in [0.05, 0.1) is 0 Å². The van der Waals surface area contributed by atoms with Crippen LogP contribution in [-0.4, -0.2) is 6.04 Å². The molecule has 0 spiro atoms. The SMILES string of the molecule is NC(Cc1cc(F)cc(Br)c1)Cc1ccc(F)cc1Cl. The van der Waals surface area contributed by atoms with Crippen LogP contribution in [0.4, 0.5) is 8.78 Å². The van der Waals surface area contributed by atoms with Gasteiger partial charge in [-0.2, -0.15) is 0 Å². The third-order valence-corrected chi connectivity index (χ3v) is 3.73. The Labute approximate surface area is 129 Å². The summed E-state index contributed by atoms with van der Waals surface area (Å²) in [5.74, 6) is -0.678. The maximum absolute atomic E-state index is 13.3. The molecule has 0 heterocycles. The molecule has 20 heavy (non-hydrogen) atoms. The zero-order valence-corrected chi connectivity index (χ0v) is 12.9. The van der Waals surface area contributed by atoms with E-state index < -0.39 is 0 Å². The van der Waals surface area contributed by atoms with E-state index >= 15 is 0 Å². The highest BCUT2D eigenvalue weighted by Crippen LogP contribution is 2.20. The monoisotopic (exact) mass is 359 g/mol. The lowest BCUT2D eigenvalue weighted by Crippen LogP contribution is -2.25. The molecule has 0 saturated heterocycles. The molecule has 1 atom stereocenters. The molecule has 0 amide bonds. The lowest BCUT2D eigenvalue weighted by atomic mass is 9.99. The fourth-order valence-corrected chi connectivity index (χ4v) is 2.83. The summed E-state index contributed by atoms with van der Waals surface area (Å²) in [6, 6.07) is 8.71. The molecule has 2 aromatic rings. The summed E-state index contributed by atoms with van der Waals surface area (Å²) >= 11 is 9.21. The van der Waals surface area contributed by atoms with Crippen LogP contribution in [0.1, 0.15) is 11.1 Å². The highest BCUT2D eigenvalue weighted by Gasteiger charge is 2.10. The second-order valence-corrected chi connectivity index (χ2v) is 6.00. The fraction of sp³-hybridized carbons (Fsp3) is 0.200. The Morgan fingerprint density at radius 1 is 1.05 bits per heavy atom. The molecule has 0 aliphatic heterocycles. The minimum atomic E-state index is -0.374. The molecule has 0 aliphatic carbocycles. The van der Waals surface area contributed by atoms with Crippen LogP contribution in [0.3, 0.4) is 0 Å². The molecule has 2 aromatic carbocycles. The number of hydrogen-bond acceptors (Lipinski definition) is 1.